The summed E-state index contributed by atoms with van der Waals surface area (Å²) in [6.45, 7) is 4.21. The van der Waals surface area contributed by atoms with E-state index in [-0.39, 0.29) is 5.91 Å². The van der Waals surface area contributed by atoms with Crippen molar-refractivity contribution in [2.45, 2.75) is 0 Å². The Morgan fingerprint density at radius 2 is 1.86 bits per heavy atom. The summed E-state index contributed by atoms with van der Waals surface area (Å²) in [6, 6.07) is 15.6. The fraction of sp³-hybridized carbons (Fsp3) is 0.0952. The molecule has 5 nitrogen and oxygen atoms in total. The average Bonchev–Trinajstić information content (AvgIpc) is 3.21. The zero-order chi connectivity index (χ0) is 19.7. The Morgan fingerprint density at radius 3 is 2.61 bits per heavy atom. The molecule has 2 aromatic carbocycles. The lowest BCUT2D eigenvalue weighted by atomic mass is 10.1. The highest BCUT2D eigenvalue weighted by molar-refractivity contribution is 9.10. The summed E-state index contributed by atoms with van der Waals surface area (Å²) in [5.74, 6) is -0.132. The van der Waals surface area contributed by atoms with Crippen LogP contribution in [0.25, 0.3) is 11.3 Å². The van der Waals surface area contributed by atoms with E-state index in [4.69, 9.17) is 5.10 Å². The van der Waals surface area contributed by atoms with Gasteiger partial charge in [0.25, 0.3) is 5.91 Å². The van der Waals surface area contributed by atoms with Crippen molar-refractivity contribution in [3.8, 4) is 11.3 Å². The van der Waals surface area contributed by atoms with Gasteiger partial charge in [-0.3, -0.25) is 9.79 Å². The molecule has 0 atom stereocenters. The normalized spacial score (nSPS) is 15.4. The number of hydrogen-bond donors (Lipinski definition) is 0. The number of nitrogens with zero attached hydrogens (tertiary/aromatic N) is 4. The molecule has 1 amide bonds. The molecular weight excluding hydrogens is 436 g/mol. The first-order chi connectivity index (χ1) is 13.6. The smallest absolute Gasteiger partial charge is 0.279 e. The first kappa shape index (κ1) is 18.6. The van der Waals surface area contributed by atoms with Crippen LogP contribution in [0.1, 0.15) is 5.56 Å². The Balaban J connectivity index is 1.96. The van der Waals surface area contributed by atoms with Gasteiger partial charge in [-0.1, -0.05) is 58.4 Å². The van der Waals surface area contributed by atoms with Gasteiger partial charge in [-0.25, -0.2) is 4.68 Å². The van der Waals surface area contributed by atoms with E-state index >= 15 is 0 Å². The van der Waals surface area contributed by atoms with E-state index in [0.717, 1.165) is 27.0 Å². The second-order valence-electron chi connectivity index (χ2n) is 6.15. The Kier molecular flexibility index (Phi) is 5.11. The number of rotatable bonds is 4. The highest BCUT2D eigenvalue weighted by Crippen LogP contribution is 2.30. The third kappa shape index (κ3) is 3.16. The summed E-state index contributed by atoms with van der Waals surface area (Å²) in [4.78, 5) is 19.7. The van der Waals surface area contributed by atoms with Crippen molar-refractivity contribution < 1.29 is 4.79 Å². The number of anilines is 1. The lowest BCUT2D eigenvalue weighted by Gasteiger charge is -2.08. The van der Waals surface area contributed by atoms with Crippen LogP contribution in [0.15, 0.2) is 81.1 Å². The molecule has 1 aromatic heterocycles. The van der Waals surface area contributed by atoms with Gasteiger partial charge >= 0.3 is 0 Å². The minimum absolute atomic E-state index is 0.132. The molecule has 3 aromatic rings. The molecule has 4 rings (SSSR count). The van der Waals surface area contributed by atoms with Crippen molar-refractivity contribution in [1.29, 1.82) is 0 Å². The number of hydrogen-bond acceptors (Lipinski definition) is 4. The third-order valence-corrected chi connectivity index (χ3v) is 5.96. The van der Waals surface area contributed by atoms with Crippen LogP contribution < -0.4 is 9.70 Å². The number of aromatic nitrogens is 1. The van der Waals surface area contributed by atoms with Crippen LogP contribution in [-0.4, -0.2) is 29.9 Å². The van der Waals surface area contributed by atoms with Crippen LogP contribution >= 0.6 is 27.3 Å². The number of carbonyl (C=O) groups excluding carboxylic acids is 1. The molecule has 0 N–H and O–H groups in total. The topological polar surface area (TPSA) is 50.0 Å². The van der Waals surface area contributed by atoms with Gasteiger partial charge in [-0.2, -0.15) is 5.10 Å². The molecule has 0 unspecified atom stereocenters. The van der Waals surface area contributed by atoms with Gasteiger partial charge in [0.1, 0.15) is 0 Å². The summed E-state index contributed by atoms with van der Waals surface area (Å²) < 4.78 is 2.70. The van der Waals surface area contributed by atoms with Gasteiger partial charge in [-0.05, 0) is 12.1 Å². The van der Waals surface area contributed by atoms with Crippen molar-refractivity contribution in [1.82, 2.24) is 4.68 Å². The molecule has 140 valence electrons. The molecular formula is C21H17BrN4OS. The molecule has 0 radical (unpaired) electrons. The molecule has 1 aliphatic rings. The molecule has 0 bridgehead atoms. The van der Waals surface area contributed by atoms with Crippen LogP contribution in [0.3, 0.4) is 0 Å². The first-order valence-corrected chi connectivity index (χ1v) is 10.3. The minimum atomic E-state index is -0.132. The molecule has 2 heterocycles. The quantitative estimate of drug-likeness (QED) is 0.544. The van der Waals surface area contributed by atoms with E-state index in [1.165, 1.54) is 11.3 Å². The van der Waals surface area contributed by atoms with Gasteiger partial charge in [0.05, 0.1) is 17.9 Å². The number of para-hydroxylation sites is 1. The first-order valence-electron chi connectivity index (χ1n) is 8.65. The van der Waals surface area contributed by atoms with E-state index in [1.807, 2.05) is 53.9 Å². The maximum Gasteiger partial charge on any atom is 0.279 e. The molecule has 1 aliphatic heterocycles. The second-order valence-corrected chi connectivity index (χ2v) is 7.85. The molecule has 0 saturated carbocycles. The fourth-order valence-corrected chi connectivity index (χ4v) is 4.37. The van der Waals surface area contributed by atoms with E-state index in [2.05, 4.69) is 27.5 Å². The van der Waals surface area contributed by atoms with Crippen molar-refractivity contribution in [3.63, 3.8) is 0 Å². The molecule has 0 fully saturated rings. The number of fused-ring (bicyclic) bond motifs is 1. The summed E-state index contributed by atoms with van der Waals surface area (Å²) in [7, 11) is 1.76. The number of likely N-dealkylation sites (N-methyl/N-ethyl adjacent to an activating group) is 1. The molecule has 0 aliphatic carbocycles. The number of halogens is 1. The molecule has 0 saturated heterocycles. The predicted molar refractivity (Wildman–Crippen MR) is 118 cm³/mol. The highest BCUT2D eigenvalue weighted by Gasteiger charge is 2.31. The summed E-state index contributed by atoms with van der Waals surface area (Å²) in [5, 5.41) is 6.77. The van der Waals surface area contributed by atoms with Crippen molar-refractivity contribution in [2.75, 3.05) is 18.5 Å². The van der Waals surface area contributed by atoms with Crippen molar-refractivity contribution in [3.05, 3.63) is 81.4 Å². The van der Waals surface area contributed by atoms with Gasteiger partial charge in [0, 0.05) is 28.0 Å². The minimum Gasteiger partial charge on any atom is -0.309 e. The SMILES string of the molecule is C=CCN=c1scc(-c2ccccc2Br)n1N=C1C(=O)N(C)c2ccccc21. The van der Waals surface area contributed by atoms with Crippen LogP contribution in [0.5, 0.6) is 0 Å². The lowest BCUT2D eigenvalue weighted by molar-refractivity contribution is -0.112. The maximum atomic E-state index is 12.9. The van der Waals surface area contributed by atoms with E-state index in [0.29, 0.717) is 17.1 Å². The summed E-state index contributed by atoms with van der Waals surface area (Å²) >= 11 is 5.09. The summed E-state index contributed by atoms with van der Waals surface area (Å²) in [6.07, 6.45) is 1.74. The van der Waals surface area contributed by atoms with Gasteiger partial charge in [-0.15, -0.1) is 17.9 Å². The van der Waals surface area contributed by atoms with E-state index in [9.17, 15) is 4.79 Å². The highest BCUT2D eigenvalue weighted by atomic mass is 79.9. The zero-order valence-corrected chi connectivity index (χ0v) is 17.6. The van der Waals surface area contributed by atoms with E-state index < -0.39 is 0 Å². The van der Waals surface area contributed by atoms with Crippen LogP contribution in [0, 0.1) is 0 Å². The van der Waals surface area contributed by atoms with Crippen LogP contribution in [0.4, 0.5) is 5.69 Å². The lowest BCUT2D eigenvalue weighted by Crippen LogP contribution is -2.27. The molecule has 7 heteroatoms. The Hall–Kier alpha value is -2.77. The largest absolute Gasteiger partial charge is 0.309 e. The second kappa shape index (κ2) is 7.69. The number of benzene rings is 2. The van der Waals surface area contributed by atoms with Gasteiger partial charge in [0.2, 0.25) is 4.80 Å². The predicted octanol–water partition coefficient (Wildman–Crippen LogP) is 4.29. The van der Waals surface area contributed by atoms with Gasteiger partial charge < -0.3 is 4.90 Å². The third-order valence-electron chi connectivity index (χ3n) is 4.42. The van der Waals surface area contributed by atoms with E-state index in [1.54, 1.807) is 22.7 Å². The summed E-state index contributed by atoms with van der Waals surface area (Å²) in [5.41, 5.74) is 3.93. The van der Waals surface area contributed by atoms with Gasteiger partial charge in [0.15, 0.2) is 5.71 Å². The number of amides is 1. The molecule has 0 spiro atoms. The fourth-order valence-electron chi connectivity index (χ4n) is 3.05. The van der Waals surface area contributed by atoms with Crippen LogP contribution in [-0.2, 0) is 4.79 Å². The van der Waals surface area contributed by atoms with Crippen molar-refractivity contribution >= 4 is 44.6 Å². The monoisotopic (exact) mass is 452 g/mol. The average molecular weight is 453 g/mol. The Bertz CT molecular complexity index is 1170. The Morgan fingerprint density at radius 1 is 1.14 bits per heavy atom. The maximum absolute atomic E-state index is 12.9. The molecule has 28 heavy (non-hydrogen) atoms. The number of thiazole rings is 1. The Labute approximate surface area is 175 Å². The standard InChI is InChI=1S/C21H17BrN4OS/c1-3-12-23-21-26(18(13-28-21)14-8-4-6-10-16(14)22)24-19-15-9-5-7-11-17(15)25(2)20(19)27/h3-11,13H,1,12H2,2H3. The van der Waals surface area contributed by atoms with Crippen molar-refractivity contribution in [2.24, 2.45) is 10.1 Å². The van der Waals surface area contributed by atoms with Crippen LogP contribution in [0.2, 0.25) is 0 Å². The number of carbonyl (C=O) groups is 1. The zero-order valence-electron chi connectivity index (χ0n) is 15.2.